The SMILES string of the molecule is CN=CCOS(=O)(=O)C(F)(F)F. The summed E-state index contributed by atoms with van der Waals surface area (Å²) in [4.78, 5) is 3.24. The number of nitrogens with zero attached hydrogens (tertiary/aromatic N) is 1. The number of hydrogen-bond acceptors (Lipinski definition) is 4. The molecule has 0 saturated heterocycles. The van der Waals surface area contributed by atoms with Gasteiger partial charge in [-0.3, -0.25) is 9.18 Å². The van der Waals surface area contributed by atoms with Crippen LogP contribution in [-0.4, -0.2) is 33.8 Å². The molecule has 0 aromatic heterocycles. The molecule has 0 aliphatic rings. The Hall–Kier alpha value is -0.630. The van der Waals surface area contributed by atoms with Crippen molar-refractivity contribution in [3.8, 4) is 0 Å². The van der Waals surface area contributed by atoms with Crippen LogP contribution in [0.15, 0.2) is 4.99 Å². The standard InChI is InChI=1S/C4H6F3NO3S/c1-8-2-3-11-12(9,10)4(5,6)7/h2H,3H2,1H3. The van der Waals surface area contributed by atoms with E-state index in [1.807, 2.05) is 0 Å². The average molecular weight is 205 g/mol. The fourth-order valence-electron chi connectivity index (χ4n) is 0.261. The molecule has 0 aliphatic carbocycles. The normalized spacial score (nSPS) is 14.0. The Balaban J connectivity index is 4.26. The smallest absolute Gasteiger partial charge is 0.298 e. The average Bonchev–Trinajstić information content (AvgIpc) is 1.85. The third-order valence-corrected chi connectivity index (χ3v) is 1.78. The Morgan fingerprint density at radius 2 is 2.00 bits per heavy atom. The van der Waals surface area contributed by atoms with Crippen molar-refractivity contribution in [3.63, 3.8) is 0 Å². The van der Waals surface area contributed by atoms with Gasteiger partial charge >= 0.3 is 15.6 Å². The van der Waals surface area contributed by atoms with Gasteiger partial charge in [0.25, 0.3) is 0 Å². The molecule has 0 rings (SSSR count). The second-order valence-electron chi connectivity index (χ2n) is 1.63. The summed E-state index contributed by atoms with van der Waals surface area (Å²) in [6.45, 7) is -0.710. The maximum absolute atomic E-state index is 11.5. The summed E-state index contributed by atoms with van der Waals surface area (Å²) in [6.07, 6.45) is 0.906. The number of rotatable bonds is 3. The largest absolute Gasteiger partial charge is 0.523 e. The fourth-order valence-corrected chi connectivity index (χ4v) is 0.635. The second kappa shape index (κ2) is 3.85. The van der Waals surface area contributed by atoms with Crippen molar-refractivity contribution in [2.45, 2.75) is 5.51 Å². The zero-order valence-corrected chi connectivity index (χ0v) is 6.82. The summed E-state index contributed by atoms with van der Waals surface area (Å²) >= 11 is 0. The quantitative estimate of drug-likeness (QED) is 0.384. The first-order valence-corrected chi connectivity index (χ1v) is 4.08. The maximum Gasteiger partial charge on any atom is 0.523 e. The molecule has 0 aliphatic heterocycles. The van der Waals surface area contributed by atoms with Gasteiger partial charge in [0.05, 0.1) is 0 Å². The zero-order valence-electron chi connectivity index (χ0n) is 6.00. The van der Waals surface area contributed by atoms with E-state index in [2.05, 4.69) is 9.18 Å². The van der Waals surface area contributed by atoms with Crippen molar-refractivity contribution in [1.82, 2.24) is 0 Å². The molecule has 12 heavy (non-hydrogen) atoms. The van der Waals surface area contributed by atoms with Crippen LogP contribution in [0.25, 0.3) is 0 Å². The summed E-state index contributed by atoms with van der Waals surface area (Å²) in [7, 11) is -4.18. The highest BCUT2D eigenvalue weighted by molar-refractivity contribution is 7.87. The molecule has 72 valence electrons. The summed E-state index contributed by atoms with van der Waals surface area (Å²) < 4.78 is 58.3. The fraction of sp³-hybridized carbons (Fsp3) is 0.750. The van der Waals surface area contributed by atoms with Gasteiger partial charge in [-0.15, -0.1) is 0 Å². The van der Waals surface area contributed by atoms with Crippen molar-refractivity contribution in [1.29, 1.82) is 0 Å². The van der Waals surface area contributed by atoms with Gasteiger partial charge in [-0.1, -0.05) is 0 Å². The van der Waals surface area contributed by atoms with Crippen molar-refractivity contribution in [3.05, 3.63) is 0 Å². The van der Waals surface area contributed by atoms with E-state index >= 15 is 0 Å². The second-order valence-corrected chi connectivity index (χ2v) is 3.23. The Kier molecular flexibility index (Phi) is 3.65. The molecule has 0 saturated carbocycles. The van der Waals surface area contributed by atoms with Gasteiger partial charge in [0, 0.05) is 13.3 Å². The Morgan fingerprint density at radius 1 is 1.50 bits per heavy atom. The molecule has 4 nitrogen and oxygen atoms in total. The molecule has 8 heteroatoms. The minimum atomic E-state index is -5.46. The lowest BCUT2D eigenvalue weighted by molar-refractivity contribution is -0.0532. The first-order chi connectivity index (χ1) is 5.31. The molecule has 0 fully saturated rings. The molecule has 0 radical (unpaired) electrons. The molecule has 0 N–H and O–H groups in total. The number of halogens is 3. The molecule has 0 aromatic rings. The zero-order chi connectivity index (χ0) is 9.83. The molecule has 0 amide bonds. The van der Waals surface area contributed by atoms with E-state index in [1.165, 1.54) is 7.05 Å². The minimum absolute atomic E-state index is 0.710. The molecule has 0 bridgehead atoms. The number of alkyl halides is 3. The number of hydrogen-bond donors (Lipinski definition) is 0. The maximum atomic E-state index is 11.5. The summed E-state index contributed by atoms with van der Waals surface area (Å²) in [5, 5.41) is 0. The van der Waals surface area contributed by atoms with Crippen molar-refractivity contribution in [2.75, 3.05) is 13.7 Å². The van der Waals surface area contributed by atoms with Crippen LogP contribution in [0.3, 0.4) is 0 Å². The first-order valence-electron chi connectivity index (χ1n) is 2.67. The van der Waals surface area contributed by atoms with Crippen molar-refractivity contribution < 1.29 is 25.8 Å². The predicted octanol–water partition coefficient (Wildman–Crippen LogP) is 0.553. The van der Waals surface area contributed by atoms with Crippen molar-refractivity contribution >= 4 is 16.3 Å². The van der Waals surface area contributed by atoms with E-state index in [4.69, 9.17) is 0 Å². The minimum Gasteiger partial charge on any atom is -0.298 e. The van der Waals surface area contributed by atoms with Crippen LogP contribution in [0, 0.1) is 0 Å². The van der Waals surface area contributed by atoms with Gasteiger partial charge in [0.2, 0.25) is 0 Å². The van der Waals surface area contributed by atoms with Gasteiger partial charge in [-0.05, 0) is 0 Å². The van der Waals surface area contributed by atoms with Gasteiger partial charge in [-0.25, -0.2) is 0 Å². The predicted molar refractivity (Wildman–Crippen MR) is 35.3 cm³/mol. The lowest BCUT2D eigenvalue weighted by Crippen LogP contribution is -2.26. The van der Waals surface area contributed by atoms with Crippen LogP contribution in [0.2, 0.25) is 0 Å². The highest BCUT2D eigenvalue weighted by Crippen LogP contribution is 2.23. The van der Waals surface area contributed by atoms with E-state index in [-0.39, 0.29) is 0 Å². The topological polar surface area (TPSA) is 55.7 Å². The van der Waals surface area contributed by atoms with Gasteiger partial charge < -0.3 is 0 Å². The van der Waals surface area contributed by atoms with E-state index in [0.29, 0.717) is 0 Å². The Morgan fingerprint density at radius 3 is 2.33 bits per heavy atom. The summed E-state index contributed by atoms with van der Waals surface area (Å²) in [5.41, 5.74) is -5.37. The molecule has 0 spiro atoms. The van der Waals surface area contributed by atoms with Crippen LogP contribution in [0.1, 0.15) is 0 Å². The molecular formula is C4H6F3NO3S. The third-order valence-electron chi connectivity index (χ3n) is 0.764. The summed E-state index contributed by atoms with van der Waals surface area (Å²) in [5.74, 6) is 0. The van der Waals surface area contributed by atoms with E-state index in [0.717, 1.165) is 6.21 Å². The van der Waals surface area contributed by atoms with Crippen molar-refractivity contribution in [2.24, 2.45) is 4.99 Å². The van der Waals surface area contributed by atoms with E-state index in [9.17, 15) is 21.6 Å². The van der Waals surface area contributed by atoms with Crippen LogP contribution in [-0.2, 0) is 14.3 Å². The number of aliphatic imine (C=N–C) groups is 1. The van der Waals surface area contributed by atoms with Crippen LogP contribution < -0.4 is 0 Å². The molecule has 0 atom stereocenters. The van der Waals surface area contributed by atoms with Gasteiger partial charge in [-0.2, -0.15) is 21.6 Å². The van der Waals surface area contributed by atoms with E-state index in [1.54, 1.807) is 0 Å². The summed E-state index contributed by atoms with van der Waals surface area (Å²) in [6, 6.07) is 0. The third kappa shape index (κ3) is 3.18. The molecule has 0 heterocycles. The van der Waals surface area contributed by atoms with Crippen LogP contribution in [0.4, 0.5) is 13.2 Å². The van der Waals surface area contributed by atoms with Crippen LogP contribution >= 0.6 is 0 Å². The monoisotopic (exact) mass is 205 g/mol. The Labute approximate surface area is 67.2 Å². The highest BCUT2D eigenvalue weighted by atomic mass is 32.2. The lowest BCUT2D eigenvalue weighted by Gasteiger charge is -2.05. The van der Waals surface area contributed by atoms with E-state index < -0.39 is 22.2 Å². The van der Waals surface area contributed by atoms with Crippen LogP contribution in [0.5, 0.6) is 0 Å². The lowest BCUT2D eigenvalue weighted by atomic mass is 10.8. The first kappa shape index (κ1) is 11.4. The Bertz CT molecular complexity index is 255. The highest BCUT2D eigenvalue weighted by Gasteiger charge is 2.47. The molecular weight excluding hydrogens is 199 g/mol. The molecule has 0 unspecified atom stereocenters. The molecule has 0 aromatic carbocycles. The van der Waals surface area contributed by atoms with Gasteiger partial charge in [0.1, 0.15) is 6.61 Å². The van der Waals surface area contributed by atoms with Gasteiger partial charge in [0.15, 0.2) is 0 Å².